The van der Waals surface area contributed by atoms with Gasteiger partial charge in [0.2, 0.25) is 0 Å². The average molecular weight is 331 g/mol. The van der Waals surface area contributed by atoms with Crippen molar-refractivity contribution in [3.63, 3.8) is 0 Å². The molecule has 0 bridgehead atoms. The van der Waals surface area contributed by atoms with Crippen molar-refractivity contribution in [2.75, 3.05) is 31.1 Å². The van der Waals surface area contributed by atoms with Crippen molar-refractivity contribution < 1.29 is 9.53 Å². The number of hydrogen-bond acceptors (Lipinski definition) is 4. The highest BCUT2D eigenvalue weighted by Gasteiger charge is 2.26. The Hall–Kier alpha value is -2.04. The van der Waals surface area contributed by atoms with Crippen LogP contribution in [-0.2, 0) is 4.74 Å². The number of carbonyl (C=O) groups excluding carboxylic acids is 1. The van der Waals surface area contributed by atoms with Gasteiger partial charge in [0.1, 0.15) is 11.4 Å². The average Bonchev–Trinajstić information content (AvgIpc) is 2.54. The lowest BCUT2D eigenvalue weighted by Gasteiger charge is -2.36. The van der Waals surface area contributed by atoms with Crippen LogP contribution in [0.5, 0.6) is 0 Å². The molecule has 0 radical (unpaired) electrons. The molecule has 1 saturated heterocycles. The summed E-state index contributed by atoms with van der Waals surface area (Å²) in [6.07, 6.45) is 4.61. The Morgan fingerprint density at radius 1 is 1.33 bits per heavy atom. The van der Waals surface area contributed by atoms with Crippen molar-refractivity contribution in [3.8, 4) is 0 Å². The summed E-state index contributed by atoms with van der Waals surface area (Å²) in [5, 5.41) is 0. The predicted molar refractivity (Wildman–Crippen MR) is 97.5 cm³/mol. The van der Waals surface area contributed by atoms with Gasteiger partial charge in [0.05, 0.1) is 0 Å². The number of piperazine rings is 1. The molecule has 1 atom stereocenters. The third kappa shape index (κ3) is 4.98. The van der Waals surface area contributed by atoms with Gasteiger partial charge in [-0.25, -0.2) is 9.78 Å². The van der Waals surface area contributed by atoms with Crippen LogP contribution in [0.1, 0.15) is 45.6 Å². The van der Waals surface area contributed by atoms with Crippen LogP contribution in [0.15, 0.2) is 31.0 Å². The Morgan fingerprint density at radius 3 is 2.50 bits per heavy atom. The molecule has 0 N–H and O–H groups in total. The molecule has 2 rings (SSSR count). The van der Waals surface area contributed by atoms with Crippen LogP contribution in [0.4, 0.5) is 10.6 Å². The highest BCUT2D eigenvalue weighted by molar-refractivity contribution is 5.68. The van der Waals surface area contributed by atoms with Gasteiger partial charge in [-0.2, -0.15) is 0 Å². The highest BCUT2D eigenvalue weighted by Crippen LogP contribution is 2.21. The van der Waals surface area contributed by atoms with Crippen LogP contribution in [0.25, 0.3) is 0 Å². The van der Waals surface area contributed by atoms with E-state index in [1.807, 2.05) is 33.0 Å². The molecule has 0 saturated carbocycles. The van der Waals surface area contributed by atoms with Crippen molar-refractivity contribution >= 4 is 11.9 Å². The van der Waals surface area contributed by atoms with Gasteiger partial charge >= 0.3 is 6.09 Å². The van der Waals surface area contributed by atoms with Crippen molar-refractivity contribution in [3.05, 3.63) is 36.5 Å². The molecule has 0 aliphatic carbocycles. The van der Waals surface area contributed by atoms with Crippen LogP contribution >= 0.6 is 0 Å². The lowest BCUT2D eigenvalue weighted by Crippen LogP contribution is -2.50. The number of hydrogen-bond donors (Lipinski definition) is 0. The fraction of sp³-hybridized carbons (Fsp3) is 0.579. The number of aromatic nitrogens is 1. The molecule has 5 heteroatoms. The van der Waals surface area contributed by atoms with E-state index in [0.717, 1.165) is 25.3 Å². The van der Waals surface area contributed by atoms with E-state index in [9.17, 15) is 4.79 Å². The molecule has 1 aromatic rings. The number of ether oxygens (including phenoxy) is 1. The van der Waals surface area contributed by atoms with E-state index in [2.05, 4.69) is 35.5 Å². The van der Waals surface area contributed by atoms with Gasteiger partial charge in [0.15, 0.2) is 0 Å². The Labute approximate surface area is 145 Å². The molecule has 132 valence electrons. The first-order chi connectivity index (χ1) is 11.3. The van der Waals surface area contributed by atoms with E-state index in [-0.39, 0.29) is 6.09 Å². The lowest BCUT2D eigenvalue weighted by molar-refractivity contribution is 0.0240. The fourth-order valence-electron chi connectivity index (χ4n) is 2.71. The molecule has 5 nitrogen and oxygen atoms in total. The van der Waals surface area contributed by atoms with Gasteiger partial charge < -0.3 is 14.5 Å². The first-order valence-electron chi connectivity index (χ1n) is 8.60. The minimum atomic E-state index is -0.451. The summed E-state index contributed by atoms with van der Waals surface area (Å²) in [5.41, 5.74) is 0.777. The van der Waals surface area contributed by atoms with E-state index in [1.165, 1.54) is 5.56 Å². The molecule has 1 aliphatic heterocycles. The molecule has 2 heterocycles. The summed E-state index contributed by atoms with van der Waals surface area (Å²) in [6.45, 7) is 14.5. The van der Waals surface area contributed by atoms with E-state index in [0.29, 0.717) is 19.0 Å². The van der Waals surface area contributed by atoms with E-state index in [1.54, 1.807) is 4.90 Å². The highest BCUT2D eigenvalue weighted by atomic mass is 16.6. The maximum absolute atomic E-state index is 12.1. The Balaban J connectivity index is 1.90. The molecule has 1 aromatic heterocycles. The quantitative estimate of drug-likeness (QED) is 0.787. The third-order valence-corrected chi connectivity index (χ3v) is 4.12. The van der Waals surface area contributed by atoms with Gasteiger partial charge in [-0.1, -0.05) is 19.1 Å². The predicted octanol–water partition coefficient (Wildman–Crippen LogP) is 3.82. The lowest BCUT2D eigenvalue weighted by atomic mass is 10.00. The van der Waals surface area contributed by atoms with Crippen molar-refractivity contribution in [2.24, 2.45) is 0 Å². The standard InChI is InChI=1S/C19H29N3O2/c1-6-7-15(2)16-8-9-17(20-14-16)21-10-12-22(13-11-21)18(23)24-19(3,4)5/h6,8-9,14-15H,1,7,10-13H2,2-5H3. The molecule has 1 amide bonds. The second-order valence-electron chi connectivity index (χ2n) is 7.33. The second-order valence-corrected chi connectivity index (χ2v) is 7.33. The Bertz CT molecular complexity index is 555. The number of rotatable bonds is 4. The number of amides is 1. The Kier molecular flexibility index (Phi) is 5.86. The van der Waals surface area contributed by atoms with Gasteiger partial charge in [-0.05, 0) is 44.7 Å². The number of anilines is 1. The summed E-state index contributed by atoms with van der Waals surface area (Å²) in [6, 6.07) is 4.20. The van der Waals surface area contributed by atoms with Crippen LogP contribution < -0.4 is 4.90 Å². The summed E-state index contributed by atoms with van der Waals surface area (Å²) in [5.74, 6) is 1.40. The van der Waals surface area contributed by atoms with Crippen LogP contribution in [0, 0.1) is 0 Å². The number of pyridine rings is 1. The van der Waals surface area contributed by atoms with Gasteiger partial charge in [-0.3, -0.25) is 0 Å². The largest absolute Gasteiger partial charge is 0.444 e. The number of carbonyl (C=O) groups is 1. The molecular weight excluding hydrogens is 302 g/mol. The Morgan fingerprint density at radius 2 is 2.00 bits per heavy atom. The molecule has 24 heavy (non-hydrogen) atoms. The SMILES string of the molecule is C=CCC(C)c1ccc(N2CCN(C(=O)OC(C)(C)C)CC2)nc1. The van der Waals surface area contributed by atoms with E-state index < -0.39 is 5.60 Å². The normalized spacial score (nSPS) is 16.7. The number of allylic oxidation sites excluding steroid dienone is 1. The fourth-order valence-corrected chi connectivity index (χ4v) is 2.71. The molecule has 0 spiro atoms. The van der Waals surface area contributed by atoms with Gasteiger partial charge in [-0.15, -0.1) is 6.58 Å². The van der Waals surface area contributed by atoms with Crippen molar-refractivity contribution in [1.29, 1.82) is 0 Å². The summed E-state index contributed by atoms with van der Waals surface area (Å²) < 4.78 is 5.43. The maximum Gasteiger partial charge on any atom is 0.410 e. The minimum Gasteiger partial charge on any atom is -0.444 e. The second kappa shape index (κ2) is 7.69. The van der Waals surface area contributed by atoms with Crippen LogP contribution in [0.2, 0.25) is 0 Å². The van der Waals surface area contributed by atoms with E-state index >= 15 is 0 Å². The van der Waals surface area contributed by atoms with Crippen LogP contribution in [-0.4, -0.2) is 47.8 Å². The molecule has 1 fully saturated rings. The molecule has 1 aliphatic rings. The smallest absolute Gasteiger partial charge is 0.410 e. The monoisotopic (exact) mass is 331 g/mol. The summed E-state index contributed by atoms with van der Waals surface area (Å²) in [7, 11) is 0. The summed E-state index contributed by atoms with van der Waals surface area (Å²) in [4.78, 5) is 20.7. The minimum absolute atomic E-state index is 0.233. The molecular formula is C19H29N3O2. The first kappa shape index (κ1) is 18.3. The topological polar surface area (TPSA) is 45.7 Å². The zero-order valence-corrected chi connectivity index (χ0v) is 15.3. The first-order valence-corrected chi connectivity index (χ1v) is 8.60. The molecule has 1 unspecified atom stereocenters. The zero-order chi connectivity index (χ0) is 17.7. The number of nitrogens with zero attached hydrogens (tertiary/aromatic N) is 3. The summed E-state index contributed by atoms with van der Waals surface area (Å²) >= 11 is 0. The van der Waals surface area contributed by atoms with E-state index in [4.69, 9.17) is 4.74 Å². The third-order valence-electron chi connectivity index (χ3n) is 4.12. The van der Waals surface area contributed by atoms with Crippen molar-refractivity contribution in [1.82, 2.24) is 9.88 Å². The van der Waals surface area contributed by atoms with Crippen molar-refractivity contribution in [2.45, 2.75) is 45.6 Å². The molecule has 0 aromatic carbocycles. The van der Waals surface area contributed by atoms with Crippen LogP contribution in [0.3, 0.4) is 0 Å². The van der Waals surface area contributed by atoms with Gasteiger partial charge in [0.25, 0.3) is 0 Å². The zero-order valence-electron chi connectivity index (χ0n) is 15.3. The maximum atomic E-state index is 12.1. The van der Waals surface area contributed by atoms with Gasteiger partial charge in [0, 0.05) is 32.4 Å².